The summed E-state index contributed by atoms with van der Waals surface area (Å²) in [4.78, 5) is 27.1. The van der Waals surface area contributed by atoms with Gasteiger partial charge in [-0.1, -0.05) is 35.4 Å². The van der Waals surface area contributed by atoms with Crippen LogP contribution < -0.4 is 15.2 Å². The minimum atomic E-state index is -4.90. The van der Waals surface area contributed by atoms with Crippen molar-refractivity contribution in [2.45, 2.75) is 23.6 Å². The number of nitrogens with two attached hydrogens (primary N) is 2. The van der Waals surface area contributed by atoms with E-state index in [9.17, 15) is 26.4 Å². The molecule has 0 heterocycles. The van der Waals surface area contributed by atoms with E-state index in [1.807, 2.05) is 0 Å². The molecule has 0 aliphatic heterocycles. The van der Waals surface area contributed by atoms with Crippen molar-refractivity contribution < 1.29 is 26.4 Å². The lowest BCUT2D eigenvalue weighted by atomic mass is 9.81. The van der Waals surface area contributed by atoms with Gasteiger partial charge in [0.15, 0.2) is 11.6 Å². The Bertz CT molecular complexity index is 1930. The molecule has 41 heavy (non-hydrogen) atoms. The van der Waals surface area contributed by atoms with Crippen LogP contribution in [0.1, 0.15) is 43.0 Å². The molecule has 1 aliphatic carbocycles. The van der Waals surface area contributed by atoms with E-state index in [0.29, 0.717) is 4.47 Å². The summed E-state index contributed by atoms with van der Waals surface area (Å²) in [6.07, 6.45) is 0. The molecule has 0 bridgehead atoms. The summed E-state index contributed by atoms with van der Waals surface area (Å²) < 4.78 is 57.5. The lowest BCUT2D eigenvalue weighted by molar-refractivity contribution is 0.0980. The maximum atomic E-state index is 14.2. The highest BCUT2D eigenvalue weighted by molar-refractivity contribution is 9.11. The normalized spacial score (nSPS) is 13.1. The lowest BCUT2D eigenvalue weighted by Gasteiger charge is -2.30. The third-order valence-corrected chi connectivity index (χ3v) is 12.2. The molecular weight excluding hydrogens is 698 g/mol. The average molecular weight is 719 g/mol. The quantitative estimate of drug-likeness (QED) is 0.230. The van der Waals surface area contributed by atoms with Crippen molar-refractivity contribution in [3.05, 3.63) is 109 Å². The van der Waals surface area contributed by atoms with Crippen molar-refractivity contribution >= 4 is 80.5 Å². The predicted molar refractivity (Wildman–Crippen MR) is 163 cm³/mol. The van der Waals surface area contributed by atoms with E-state index in [1.165, 1.54) is 60.7 Å². The topological polar surface area (TPSA) is 158 Å². The Morgan fingerprint density at radius 3 is 1.56 bits per heavy atom. The fourth-order valence-corrected chi connectivity index (χ4v) is 8.99. The highest BCUT2D eigenvalue weighted by atomic mass is 79.9. The van der Waals surface area contributed by atoms with Crippen molar-refractivity contribution in [1.29, 1.82) is 0 Å². The molecule has 4 aromatic rings. The van der Waals surface area contributed by atoms with Crippen LogP contribution in [-0.4, -0.2) is 28.4 Å². The number of carbonyl (C=O) groups is 2. The second kappa shape index (κ2) is 10.1. The molecule has 0 aromatic heterocycles. The summed E-state index contributed by atoms with van der Waals surface area (Å²) in [5.41, 5.74) is 12.1. The number of sulfonamides is 2. The standard InChI is InChI=1S/C28H21Br2N3O6S2/c1-14-3-7-16(8-4-14)40(36,37)33(41(38,39)17-9-5-15(2)6-10-17)21-13-20(30)26(32)24-23(21)27(34)18-11-12-19(29)25(31)22(18)28(24)35/h3-13H,31-32H2,1-2H3. The molecule has 210 valence electrons. The maximum absolute atomic E-state index is 14.2. The molecule has 0 atom stereocenters. The van der Waals surface area contributed by atoms with Crippen molar-refractivity contribution in [2.24, 2.45) is 0 Å². The smallest absolute Gasteiger partial charge is 0.277 e. The number of ketones is 2. The SMILES string of the molecule is Cc1ccc(S(=O)(=O)N(c2cc(Br)c(N)c3c2C(=O)c2ccc(Br)c(N)c2C3=O)S(=O)(=O)c2ccc(C)cc2)cc1. The lowest BCUT2D eigenvalue weighted by Crippen LogP contribution is -2.39. The predicted octanol–water partition coefficient (Wildman–Crippen LogP) is 5.35. The van der Waals surface area contributed by atoms with Crippen LogP contribution in [0.2, 0.25) is 0 Å². The summed E-state index contributed by atoms with van der Waals surface area (Å²) in [6, 6.07) is 15.1. The van der Waals surface area contributed by atoms with Crippen LogP contribution in [0.3, 0.4) is 0 Å². The molecule has 0 saturated heterocycles. The van der Waals surface area contributed by atoms with Gasteiger partial charge in [0.25, 0.3) is 20.0 Å². The van der Waals surface area contributed by atoms with Gasteiger partial charge in [-0.15, -0.1) is 0 Å². The largest absolute Gasteiger partial charge is 0.397 e. The fourth-order valence-electron chi connectivity index (χ4n) is 4.55. The first-order valence-corrected chi connectivity index (χ1v) is 16.4. The molecule has 1 aliphatic rings. The van der Waals surface area contributed by atoms with Gasteiger partial charge in [0.05, 0.1) is 43.5 Å². The van der Waals surface area contributed by atoms with Gasteiger partial charge in [0, 0.05) is 14.5 Å². The van der Waals surface area contributed by atoms with E-state index in [1.54, 1.807) is 13.8 Å². The molecule has 9 nitrogen and oxygen atoms in total. The highest BCUT2D eigenvalue weighted by Crippen LogP contribution is 2.45. The molecule has 13 heteroatoms. The molecule has 0 radical (unpaired) electrons. The third-order valence-electron chi connectivity index (χ3n) is 6.69. The second-order valence-corrected chi connectivity index (χ2v) is 14.9. The van der Waals surface area contributed by atoms with Gasteiger partial charge in [0.1, 0.15) is 0 Å². The Morgan fingerprint density at radius 1 is 0.610 bits per heavy atom. The zero-order valence-corrected chi connectivity index (χ0v) is 26.3. The monoisotopic (exact) mass is 717 g/mol. The van der Waals surface area contributed by atoms with Crippen molar-refractivity contribution in [1.82, 2.24) is 0 Å². The fraction of sp³-hybridized carbons (Fsp3) is 0.0714. The van der Waals surface area contributed by atoms with Gasteiger partial charge in [-0.2, -0.15) is 3.71 Å². The summed E-state index contributed by atoms with van der Waals surface area (Å²) in [7, 11) is -9.79. The second-order valence-electron chi connectivity index (χ2n) is 9.42. The number of fused-ring (bicyclic) bond motifs is 2. The highest BCUT2D eigenvalue weighted by Gasteiger charge is 2.44. The minimum absolute atomic E-state index is 0.00707. The first-order valence-electron chi connectivity index (χ1n) is 11.9. The van der Waals surface area contributed by atoms with Crippen LogP contribution in [0.25, 0.3) is 0 Å². The van der Waals surface area contributed by atoms with E-state index >= 15 is 0 Å². The summed E-state index contributed by atoms with van der Waals surface area (Å²) in [6.45, 7) is 3.49. The summed E-state index contributed by atoms with van der Waals surface area (Å²) in [5.74, 6) is -1.57. The van der Waals surface area contributed by atoms with Crippen LogP contribution >= 0.6 is 31.9 Å². The van der Waals surface area contributed by atoms with E-state index < -0.39 is 42.9 Å². The number of benzene rings is 4. The van der Waals surface area contributed by atoms with Gasteiger partial charge in [-0.3, -0.25) is 9.59 Å². The van der Waals surface area contributed by atoms with Crippen LogP contribution in [0, 0.1) is 13.8 Å². The molecule has 0 unspecified atom stereocenters. The molecule has 5 rings (SSSR count). The number of anilines is 3. The maximum Gasteiger partial charge on any atom is 0.277 e. The van der Waals surface area contributed by atoms with E-state index in [2.05, 4.69) is 31.9 Å². The van der Waals surface area contributed by atoms with Gasteiger partial charge >= 0.3 is 0 Å². The third kappa shape index (κ3) is 4.56. The van der Waals surface area contributed by atoms with Crippen LogP contribution in [-0.2, 0) is 20.0 Å². The van der Waals surface area contributed by atoms with Gasteiger partial charge in [-0.25, -0.2) is 16.8 Å². The van der Waals surface area contributed by atoms with E-state index in [4.69, 9.17) is 11.5 Å². The van der Waals surface area contributed by atoms with Crippen LogP contribution in [0.5, 0.6) is 0 Å². The zero-order valence-electron chi connectivity index (χ0n) is 21.5. The first-order chi connectivity index (χ1) is 19.2. The number of hydrogen-bond donors (Lipinski definition) is 2. The first kappa shape index (κ1) is 29.0. The van der Waals surface area contributed by atoms with E-state index in [-0.39, 0.29) is 46.0 Å². The molecule has 0 saturated carbocycles. The number of nitrogen functional groups attached to an aromatic ring is 2. The van der Waals surface area contributed by atoms with Gasteiger partial charge < -0.3 is 11.5 Å². The number of carbonyl (C=O) groups excluding carboxylic acids is 2. The van der Waals surface area contributed by atoms with Gasteiger partial charge in [0.2, 0.25) is 0 Å². The average Bonchev–Trinajstić information content (AvgIpc) is 2.91. The molecular formula is C28H21Br2N3O6S2. The Kier molecular flexibility index (Phi) is 7.13. The zero-order chi connectivity index (χ0) is 30.0. The van der Waals surface area contributed by atoms with Crippen molar-refractivity contribution in [2.75, 3.05) is 15.2 Å². The number of halogens is 2. The Morgan fingerprint density at radius 2 is 1.07 bits per heavy atom. The Balaban J connectivity index is 1.90. The van der Waals surface area contributed by atoms with Crippen LogP contribution in [0.4, 0.5) is 17.1 Å². The Hall–Kier alpha value is -3.52. The van der Waals surface area contributed by atoms with Crippen molar-refractivity contribution in [3.63, 3.8) is 0 Å². The van der Waals surface area contributed by atoms with Crippen LogP contribution in [0.15, 0.2) is 85.5 Å². The van der Waals surface area contributed by atoms with E-state index in [0.717, 1.165) is 17.2 Å². The molecule has 4 N–H and O–H groups in total. The molecule has 4 aromatic carbocycles. The van der Waals surface area contributed by atoms with Gasteiger partial charge in [-0.05, 0) is 88.2 Å². The number of rotatable bonds is 5. The van der Waals surface area contributed by atoms with Crippen molar-refractivity contribution in [3.8, 4) is 0 Å². The molecule has 0 fully saturated rings. The molecule has 0 amide bonds. The summed E-state index contributed by atoms with van der Waals surface area (Å²) in [5, 5.41) is 0. The number of aryl methyl sites for hydroxylation is 2. The summed E-state index contributed by atoms with van der Waals surface area (Å²) >= 11 is 6.48. The minimum Gasteiger partial charge on any atom is -0.397 e. The number of nitrogens with zero attached hydrogens (tertiary/aromatic N) is 1. The number of hydrogen-bond acceptors (Lipinski definition) is 8. The molecule has 0 spiro atoms. The Labute approximate surface area is 253 Å².